The Labute approximate surface area is 177 Å². The van der Waals surface area contributed by atoms with E-state index >= 15 is 0 Å². The molecule has 4 rings (SSSR count). The van der Waals surface area contributed by atoms with Crippen molar-refractivity contribution in [3.8, 4) is 17.2 Å². The third-order valence-electron chi connectivity index (χ3n) is 4.70. The monoisotopic (exact) mass is 424 g/mol. The minimum Gasteiger partial charge on any atom is -0.493 e. The molecule has 0 saturated carbocycles. The number of ether oxygens (including phenoxy) is 2. The van der Waals surface area contributed by atoms with Crippen molar-refractivity contribution in [2.24, 2.45) is 5.92 Å². The van der Waals surface area contributed by atoms with E-state index in [0.29, 0.717) is 28.9 Å². The molecular weight excluding hydrogens is 404 g/mol. The maximum absolute atomic E-state index is 12.5. The van der Waals surface area contributed by atoms with Crippen LogP contribution in [0.5, 0.6) is 17.2 Å². The highest BCUT2D eigenvalue weighted by atomic mass is 32.1. The van der Waals surface area contributed by atoms with Crippen LogP contribution in [0.4, 0.5) is 10.8 Å². The number of nitrogens with zero attached hydrogens (tertiary/aromatic N) is 3. The molecule has 2 amide bonds. The first kappa shape index (κ1) is 19.8. The third-order valence-corrected chi connectivity index (χ3v) is 5.45. The van der Waals surface area contributed by atoms with E-state index in [2.05, 4.69) is 15.5 Å². The topological polar surface area (TPSA) is 93.7 Å². The molecule has 1 N–H and O–H groups in total. The van der Waals surface area contributed by atoms with Crippen LogP contribution in [0.2, 0.25) is 0 Å². The molecule has 0 unspecified atom stereocenters. The van der Waals surface area contributed by atoms with Gasteiger partial charge >= 0.3 is 0 Å². The summed E-state index contributed by atoms with van der Waals surface area (Å²) in [4.78, 5) is 26.6. The van der Waals surface area contributed by atoms with Gasteiger partial charge in [0.1, 0.15) is 10.8 Å². The van der Waals surface area contributed by atoms with E-state index in [1.54, 1.807) is 36.3 Å². The molecule has 1 aromatic heterocycles. The van der Waals surface area contributed by atoms with Crippen LogP contribution in [-0.4, -0.2) is 35.7 Å². The van der Waals surface area contributed by atoms with Gasteiger partial charge in [-0.25, -0.2) is 0 Å². The van der Waals surface area contributed by atoms with Crippen LogP contribution in [0.15, 0.2) is 48.5 Å². The Morgan fingerprint density at radius 2 is 1.87 bits per heavy atom. The number of carbonyl (C=O) groups excluding carboxylic acids is 2. The van der Waals surface area contributed by atoms with E-state index in [1.807, 2.05) is 31.2 Å². The van der Waals surface area contributed by atoms with E-state index in [4.69, 9.17) is 9.47 Å². The average molecular weight is 424 g/mol. The second-order valence-corrected chi connectivity index (χ2v) is 7.95. The van der Waals surface area contributed by atoms with E-state index in [0.717, 1.165) is 10.7 Å². The Hall–Kier alpha value is -3.46. The number of benzene rings is 2. The summed E-state index contributed by atoms with van der Waals surface area (Å²) >= 11 is 1.30. The van der Waals surface area contributed by atoms with E-state index in [9.17, 15) is 9.59 Å². The van der Waals surface area contributed by atoms with Crippen LogP contribution in [0, 0.1) is 12.8 Å². The Morgan fingerprint density at radius 3 is 2.53 bits per heavy atom. The zero-order chi connectivity index (χ0) is 21.1. The molecule has 1 fully saturated rings. The fraction of sp³-hybridized carbons (Fsp3) is 0.238. The first-order valence-electron chi connectivity index (χ1n) is 9.36. The molecule has 30 heavy (non-hydrogen) atoms. The molecule has 0 spiro atoms. The zero-order valence-electron chi connectivity index (χ0n) is 16.5. The number of aryl methyl sites for hydroxylation is 1. The number of carbonyl (C=O) groups is 2. The summed E-state index contributed by atoms with van der Waals surface area (Å²) in [5, 5.41) is 11.7. The van der Waals surface area contributed by atoms with Crippen LogP contribution in [0.25, 0.3) is 0 Å². The van der Waals surface area contributed by atoms with Crippen molar-refractivity contribution in [1.82, 2.24) is 10.2 Å². The van der Waals surface area contributed by atoms with Crippen molar-refractivity contribution in [3.63, 3.8) is 0 Å². The van der Waals surface area contributed by atoms with Gasteiger partial charge in [0.2, 0.25) is 16.9 Å². The lowest BCUT2D eigenvalue weighted by Gasteiger charge is -2.17. The predicted molar refractivity (Wildman–Crippen MR) is 113 cm³/mol. The standard InChI is InChI=1S/C21H20N4O4S/c1-13-23-24-21(30-13)22-20(27)14-11-19(26)25(12-14)15-7-9-16(10-8-15)29-18-6-4-3-5-17(18)28-2/h3-10,14H,11-12H2,1-2H3,(H,22,24,27)/t14-/m1/s1. The largest absolute Gasteiger partial charge is 0.493 e. The van der Waals surface area contributed by atoms with Gasteiger partial charge in [0.05, 0.1) is 13.0 Å². The van der Waals surface area contributed by atoms with Gasteiger partial charge in [-0.15, -0.1) is 10.2 Å². The van der Waals surface area contributed by atoms with Gasteiger partial charge in [0.15, 0.2) is 11.5 Å². The summed E-state index contributed by atoms with van der Waals surface area (Å²) < 4.78 is 11.2. The van der Waals surface area contributed by atoms with E-state index in [1.165, 1.54) is 11.3 Å². The molecule has 1 saturated heterocycles. The number of para-hydroxylation sites is 2. The third kappa shape index (κ3) is 4.25. The summed E-state index contributed by atoms with van der Waals surface area (Å²) in [6.07, 6.45) is 0.156. The molecule has 8 nitrogen and oxygen atoms in total. The summed E-state index contributed by atoms with van der Waals surface area (Å²) in [6.45, 7) is 2.13. The van der Waals surface area contributed by atoms with Gasteiger partial charge in [-0.2, -0.15) is 0 Å². The number of hydrogen-bond acceptors (Lipinski definition) is 7. The number of methoxy groups -OCH3 is 1. The Morgan fingerprint density at radius 1 is 1.13 bits per heavy atom. The molecule has 1 aliphatic rings. The first-order chi connectivity index (χ1) is 14.5. The lowest BCUT2D eigenvalue weighted by atomic mass is 10.1. The molecule has 2 heterocycles. The molecule has 9 heteroatoms. The molecule has 1 atom stereocenters. The van der Waals surface area contributed by atoms with Crippen molar-refractivity contribution in [2.75, 3.05) is 23.9 Å². The van der Waals surface area contributed by atoms with Gasteiger partial charge in [0, 0.05) is 18.7 Å². The average Bonchev–Trinajstić information content (AvgIpc) is 3.34. The minimum atomic E-state index is -0.439. The molecule has 0 aliphatic carbocycles. The molecule has 0 bridgehead atoms. The Balaban J connectivity index is 1.41. The number of hydrogen-bond donors (Lipinski definition) is 1. The van der Waals surface area contributed by atoms with Crippen molar-refractivity contribution in [1.29, 1.82) is 0 Å². The number of anilines is 2. The minimum absolute atomic E-state index is 0.0954. The van der Waals surface area contributed by atoms with Crippen LogP contribution in [0.3, 0.4) is 0 Å². The molecule has 3 aromatic rings. The maximum atomic E-state index is 12.5. The highest BCUT2D eigenvalue weighted by Gasteiger charge is 2.35. The van der Waals surface area contributed by atoms with E-state index < -0.39 is 5.92 Å². The summed E-state index contributed by atoms with van der Waals surface area (Å²) in [5.41, 5.74) is 0.717. The van der Waals surface area contributed by atoms with Crippen molar-refractivity contribution >= 4 is 34.0 Å². The maximum Gasteiger partial charge on any atom is 0.231 e. The zero-order valence-corrected chi connectivity index (χ0v) is 17.3. The fourth-order valence-corrected chi connectivity index (χ4v) is 3.81. The Kier molecular flexibility index (Phi) is 5.62. The van der Waals surface area contributed by atoms with Gasteiger partial charge in [-0.3, -0.25) is 9.59 Å². The molecule has 154 valence electrons. The van der Waals surface area contributed by atoms with Gasteiger partial charge in [-0.1, -0.05) is 23.5 Å². The van der Waals surface area contributed by atoms with E-state index in [-0.39, 0.29) is 18.2 Å². The van der Waals surface area contributed by atoms with Gasteiger partial charge < -0.3 is 19.7 Å². The SMILES string of the molecule is COc1ccccc1Oc1ccc(N2C[C@H](C(=O)Nc3nnc(C)s3)CC2=O)cc1. The summed E-state index contributed by atoms with van der Waals surface area (Å²) in [5.74, 6) is 1.10. The molecule has 2 aromatic carbocycles. The quantitative estimate of drug-likeness (QED) is 0.649. The fourth-order valence-electron chi connectivity index (χ4n) is 3.21. The molecular formula is C21H20N4O4S. The smallest absolute Gasteiger partial charge is 0.231 e. The van der Waals surface area contributed by atoms with Crippen molar-refractivity contribution in [2.45, 2.75) is 13.3 Å². The number of aromatic nitrogens is 2. The first-order valence-corrected chi connectivity index (χ1v) is 10.2. The lowest BCUT2D eigenvalue weighted by molar-refractivity contribution is -0.122. The second-order valence-electron chi connectivity index (χ2n) is 6.77. The summed E-state index contributed by atoms with van der Waals surface area (Å²) in [7, 11) is 1.59. The van der Waals surface area contributed by atoms with Crippen LogP contribution in [-0.2, 0) is 9.59 Å². The second kappa shape index (κ2) is 8.50. The normalized spacial score (nSPS) is 15.9. The predicted octanol–water partition coefficient (Wildman–Crippen LogP) is 3.64. The molecule has 1 aliphatic heterocycles. The van der Waals surface area contributed by atoms with Crippen LogP contribution < -0.4 is 19.7 Å². The lowest BCUT2D eigenvalue weighted by Crippen LogP contribution is -2.28. The van der Waals surface area contributed by atoms with Crippen molar-refractivity contribution in [3.05, 3.63) is 53.5 Å². The summed E-state index contributed by atoms with van der Waals surface area (Å²) in [6, 6.07) is 14.5. The molecule has 0 radical (unpaired) electrons. The van der Waals surface area contributed by atoms with Crippen LogP contribution in [0.1, 0.15) is 11.4 Å². The Bertz CT molecular complexity index is 1070. The highest BCUT2D eigenvalue weighted by Crippen LogP contribution is 2.33. The number of rotatable bonds is 6. The van der Waals surface area contributed by atoms with Gasteiger partial charge in [-0.05, 0) is 43.3 Å². The van der Waals surface area contributed by atoms with Gasteiger partial charge in [0.25, 0.3) is 0 Å². The van der Waals surface area contributed by atoms with Crippen molar-refractivity contribution < 1.29 is 19.1 Å². The number of nitrogens with one attached hydrogen (secondary N) is 1. The van der Waals surface area contributed by atoms with Crippen LogP contribution >= 0.6 is 11.3 Å². The highest BCUT2D eigenvalue weighted by molar-refractivity contribution is 7.15. The number of amides is 2.